The normalized spacial score (nSPS) is 32.2. The van der Waals surface area contributed by atoms with Crippen LogP contribution in [-0.2, 0) is 0 Å². The first-order valence-corrected chi connectivity index (χ1v) is 5.93. The summed E-state index contributed by atoms with van der Waals surface area (Å²) in [5, 5.41) is 10.0. The lowest BCUT2D eigenvalue weighted by Crippen LogP contribution is -2.27. The summed E-state index contributed by atoms with van der Waals surface area (Å²) in [5.41, 5.74) is 0. The van der Waals surface area contributed by atoms with E-state index in [0.29, 0.717) is 5.25 Å². The summed E-state index contributed by atoms with van der Waals surface area (Å²) >= 11 is 6.03. The molecule has 0 bridgehead atoms. The summed E-state index contributed by atoms with van der Waals surface area (Å²) in [4.78, 5) is 0. The molecular formula is C8H16OS2. The van der Waals surface area contributed by atoms with Crippen molar-refractivity contribution in [3.8, 4) is 0 Å². The lowest BCUT2D eigenvalue weighted by molar-refractivity contribution is 0.137. The standard InChI is InChI=1S/C8H16OS2/c9-7-3-1-2-4-8(7)11-6-5-10/h7-10H,1-6H2. The summed E-state index contributed by atoms with van der Waals surface area (Å²) in [6.45, 7) is 0. The minimum Gasteiger partial charge on any atom is -0.392 e. The predicted octanol–water partition coefficient (Wildman–Crippen LogP) is 1.95. The predicted molar refractivity (Wildman–Crippen MR) is 54.6 cm³/mol. The Hall–Kier alpha value is 0.660. The highest BCUT2D eigenvalue weighted by Gasteiger charge is 2.22. The molecule has 1 aliphatic carbocycles. The highest BCUT2D eigenvalue weighted by atomic mass is 32.2. The molecule has 0 aliphatic heterocycles. The molecule has 1 saturated carbocycles. The molecule has 1 N–H and O–H groups in total. The van der Waals surface area contributed by atoms with Crippen LogP contribution in [0.15, 0.2) is 0 Å². The second-order valence-corrected chi connectivity index (χ2v) is 4.78. The van der Waals surface area contributed by atoms with Gasteiger partial charge < -0.3 is 5.11 Å². The van der Waals surface area contributed by atoms with E-state index in [2.05, 4.69) is 12.6 Å². The van der Waals surface area contributed by atoms with Crippen molar-refractivity contribution in [3.05, 3.63) is 0 Å². The Morgan fingerprint density at radius 3 is 2.73 bits per heavy atom. The van der Waals surface area contributed by atoms with E-state index in [9.17, 15) is 5.11 Å². The minimum absolute atomic E-state index is 0.0476. The molecule has 0 aromatic rings. The van der Waals surface area contributed by atoms with Crippen LogP contribution in [0.5, 0.6) is 0 Å². The number of thiol groups is 1. The first-order chi connectivity index (χ1) is 5.34. The van der Waals surface area contributed by atoms with Crippen LogP contribution in [0.2, 0.25) is 0 Å². The SMILES string of the molecule is OC1CCCCC1SCCS. The molecule has 2 atom stereocenters. The molecule has 1 aliphatic rings. The van der Waals surface area contributed by atoms with Gasteiger partial charge >= 0.3 is 0 Å². The Kier molecular flexibility index (Phi) is 4.72. The number of hydrogen-bond donors (Lipinski definition) is 2. The van der Waals surface area contributed by atoms with Crippen molar-refractivity contribution < 1.29 is 5.11 Å². The number of aliphatic hydroxyl groups excluding tert-OH is 1. The van der Waals surface area contributed by atoms with Gasteiger partial charge in [-0.15, -0.1) is 0 Å². The fourth-order valence-corrected chi connectivity index (χ4v) is 2.89. The van der Waals surface area contributed by atoms with Crippen molar-refractivity contribution in [2.75, 3.05) is 11.5 Å². The first kappa shape index (κ1) is 9.75. The number of rotatable bonds is 3. The third kappa shape index (κ3) is 3.26. The molecule has 0 spiro atoms. The quantitative estimate of drug-likeness (QED) is 0.667. The van der Waals surface area contributed by atoms with Gasteiger partial charge in [-0.05, 0) is 18.6 Å². The molecule has 0 radical (unpaired) electrons. The lowest BCUT2D eigenvalue weighted by atomic mass is 9.97. The summed E-state index contributed by atoms with van der Waals surface area (Å²) in [7, 11) is 0. The zero-order valence-corrected chi connectivity index (χ0v) is 8.41. The van der Waals surface area contributed by atoms with Crippen LogP contribution in [0.25, 0.3) is 0 Å². The number of thioether (sulfide) groups is 1. The van der Waals surface area contributed by atoms with Gasteiger partial charge in [0.25, 0.3) is 0 Å². The molecule has 0 saturated heterocycles. The zero-order chi connectivity index (χ0) is 8.10. The zero-order valence-electron chi connectivity index (χ0n) is 6.70. The van der Waals surface area contributed by atoms with Crippen LogP contribution in [-0.4, -0.2) is 28.0 Å². The fraction of sp³-hybridized carbons (Fsp3) is 1.00. The molecule has 1 nitrogen and oxygen atoms in total. The van der Waals surface area contributed by atoms with Gasteiger partial charge in [0.2, 0.25) is 0 Å². The van der Waals surface area contributed by atoms with E-state index in [0.717, 1.165) is 17.9 Å². The fourth-order valence-electron chi connectivity index (χ4n) is 1.48. The molecule has 66 valence electrons. The average molecular weight is 192 g/mol. The summed E-state index contributed by atoms with van der Waals surface area (Å²) in [5.74, 6) is 2.00. The number of hydrogen-bond acceptors (Lipinski definition) is 3. The van der Waals surface area contributed by atoms with Crippen LogP contribution in [0, 0.1) is 0 Å². The van der Waals surface area contributed by atoms with Crippen molar-refractivity contribution in [1.82, 2.24) is 0 Å². The highest BCUT2D eigenvalue weighted by Crippen LogP contribution is 2.28. The summed E-state index contributed by atoms with van der Waals surface area (Å²) < 4.78 is 0. The minimum atomic E-state index is -0.0476. The van der Waals surface area contributed by atoms with Gasteiger partial charge in [-0.2, -0.15) is 24.4 Å². The Labute approximate surface area is 78.4 Å². The third-order valence-corrected chi connectivity index (χ3v) is 4.03. The largest absolute Gasteiger partial charge is 0.392 e. The van der Waals surface area contributed by atoms with Crippen LogP contribution in [0.4, 0.5) is 0 Å². The van der Waals surface area contributed by atoms with E-state index in [1.165, 1.54) is 19.3 Å². The van der Waals surface area contributed by atoms with Gasteiger partial charge in [0.05, 0.1) is 6.10 Å². The van der Waals surface area contributed by atoms with Crippen molar-refractivity contribution in [2.45, 2.75) is 37.0 Å². The second-order valence-electron chi connectivity index (χ2n) is 2.98. The van der Waals surface area contributed by atoms with E-state index in [1.807, 2.05) is 11.8 Å². The van der Waals surface area contributed by atoms with E-state index in [4.69, 9.17) is 0 Å². The maximum atomic E-state index is 9.55. The van der Waals surface area contributed by atoms with Crippen molar-refractivity contribution in [3.63, 3.8) is 0 Å². The maximum absolute atomic E-state index is 9.55. The van der Waals surface area contributed by atoms with Crippen molar-refractivity contribution in [1.29, 1.82) is 0 Å². The first-order valence-electron chi connectivity index (χ1n) is 4.25. The molecular weight excluding hydrogens is 176 g/mol. The Morgan fingerprint density at radius 1 is 1.36 bits per heavy atom. The maximum Gasteiger partial charge on any atom is 0.0658 e. The lowest BCUT2D eigenvalue weighted by Gasteiger charge is -2.26. The molecule has 3 heteroatoms. The van der Waals surface area contributed by atoms with Crippen LogP contribution >= 0.6 is 24.4 Å². The molecule has 11 heavy (non-hydrogen) atoms. The van der Waals surface area contributed by atoms with E-state index in [-0.39, 0.29) is 6.10 Å². The van der Waals surface area contributed by atoms with E-state index >= 15 is 0 Å². The topological polar surface area (TPSA) is 20.2 Å². The third-order valence-electron chi connectivity index (χ3n) is 2.09. The summed E-state index contributed by atoms with van der Waals surface area (Å²) in [6.07, 6.45) is 4.65. The molecule has 0 aromatic heterocycles. The Bertz CT molecular complexity index is 108. The van der Waals surface area contributed by atoms with Crippen LogP contribution in [0.1, 0.15) is 25.7 Å². The summed E-state index contributed by atoms with van der Waals surface area (Å²) in [6, 6.07) is 0. The van der Waals surface area contributed by atoms with Gasteiger partial charge in [0, 0.05) is 11.0 Å². The molecule has 0 aromatic carbocycles. The number of aliphatic hydroxyl groups is 1. The average Bonchev–Trinajstić information content (AvgIpc) is 2.03. The van der Waals surface area contributed by atoms with Gasteiger partial charge in [-0.25, -0.2) is 0 Å². The van der Waals surface area contributed by atoms with E-state index < -0.39 is 0 Å². The van der Waals surface area contributed by atoms with Crippen molar-refractivity contribution >= 4 is 24.4 Å². The van der Waals surface area contributed by atoms with Crippen molar-refractivity contribution in [2.24, 2.45) is 0 Å². The second kappa shape index (κ2) is 5.33. The van der Waals surface area contributed by atoms with Crippen LogP contribution < -0.4 is 0 Å². The molecule has 1 fully saturated rings. The smallest absolute Gasteiger partial charge is 0.0658 e. The van der Waals surface area contributed by atoms with Gasteiger partial charge in [-0.1, -0.05) is 12.8 Å². The van der Waals surface area contributed by atoms with Gasteiger partial charge in [0.1, 0.15) is 0 Å². The Morgan fingerprint density at radius 2 is 2.09 bits per heavy atom. The van der Waals surface area contributed by atoms with E-state index in [1.54, 1.807) is 0 Å². The monoisotopic (exact) mass is 192 g/mol. The molecule has 1 rings (SSSR count). The Balaban J connectivity index is 2.18. The van der Waals surface area contributed by atoms with Gasteiger partial charge in [0.15, 0.2) is 0 Å². The highest BCUT2D eigenvalue weighted by molar-refractivity contribution is 8.00. The van der Waals surface area contributed by atoms with Crippen LogP contribution in [0.3, 0.4) is 0 Å². The molecule has 0 amide bonds. The molecule has 0 heterocycles. The van der Waals surface area contributed by atoms with Gasteiger partial charge in [-0.3, -0.25) is 0 Å². The molecule has 2 unspecified atom stereocenters.